The van der Waals surface area contributed by atoms with E-state index in [1.807, 2.05) is 25.1 Å². The van der Waals surface area contributed by atoms with Crippen molar-refractivity contribution in [2.45, 2.75) is 20.8 Å². The van der Waals surface area contributed by atoms with E-state index >= 15 is 0 Å². The van der Waals surface area contributed by atoms with Gasteiger partial charge in [0.2, 0.25) is 5.95 Å². The minimum Gasteiger partial charge on any atom is -0.496 e. The van der Waals surface area contributed by atoms with E-state index in [9.17, 15) is 4.79 Å². The molecule has 8 heteroatoms. The molecule has 0 aliphatic carbocycles. The summed E-state index contributed by atoms with van der Waals surface area (Å²) >= 11 is 0. The highest BCUT2D eigenvalue weighted by molar-refractivity contribution is 5.89. The Balaban J connectivity index is 1.88. The molecule has 0 radical (unpaired) electrons. The monoisotopic (exact) mass is 367 g/mol. The number of nitrogens with one attached hydrogen (secondary N) is 2. The molecule has 3 aromatic rings. The van der Waals surface area contributed by atoms with Crippen molar-refractivity contribution >= 4 is 17.6 Å². The number of benzene rings is 1. The molecule has 140 valence electrons. The fourth-order valence-corrected chi connectivity index (χ4v) is 2.55. The third kappa shape index (κ3) is 4.05. The van der Waals surface area contributed by atoms with Gasteiger partial charge in [0.15, 0.2) is 5.69 Å². The first-order valence-electron chi connectivity index (χ1n) is 8.49. The van der Waals surface area contributed by atoms with Gasteiger partial charge in [0.1, 0.15) is 11.6 Å². The Hall–Kier alpha value is -3.42. The van der Waals surface area contributed by atoms with Gasteiger partial charge in [0.05, 0.1) is 19.3 Å². The molecule has 2 aromatic heterocycles. The second kappa shape index (κ2) is 7.86. The Labute approximate surface area is 157 Å². The average Bonchev–Trinajstić information content (AvgIpc) is 3.09. The topological polar surface area (TPSA) is 102 Å². The first-order valence-corrected chi connectivity index (χ1v) is 8.49. The normalized spacial score (nSPS) is 10.5. The van der Waals surface area contributed by atoms with Crippen molar-refractivity contribution < 1.29 is 14.3 Å². The molecule has 2 N–H and O–H groups in total. The largest absolute Gasteiger partial charge is 0.496 e. The Morgan fingerprint density at radius 1 is 1.22 bits per heavy atom. The van der Waals surface area contributed by atoms with Gasteiger partial charge >= 0.3 is 5.97 Å². The average molecular weight is 367 g/mol. The Morgan fingerprint density at radius 2 is 2.04 bits per heavy atom. The summed E-state index contributed by atoms with van der Waals surface area (Å²) in [6.45, 7) is 5.74. The maximum Gasteiger partial charge on any atom is 0.357 e. The molecule has 2 heterocycles. The summed E-state index contributed by atoms with van der Waals surface area (Å²) in [5, 5.41) is 3.09. The molecule has 0 atom stereocenters. The number of imidazole rings is 1. The maximum atomic E-state index is 12.0. The molecule has 1 aromatic carbocycles. The van der Waals surface area contributed by atoms with Crippen LogP contribution in [0, 0.1) is 13.8 Å². The number of carbonyl (C=O) groups is 1. The van der Waals surface area contributed by atoms with Crippen LogP contribution in [0.4, 0.5) is 11.6 Å². The number of nitrogens with zero attached hydrogens (tertiary/aromatic N) is 3. The SMILES string of the molecule is CCOC(=O)c1nc(Nc2ccc(-c3ncc(C)[nH]3)c(OC)c2)ncc1C. The standard InChI is InChI=1S/C19H21N5O3/c1-5-27-18(25)16-11(2)9-21-19(24-16)23-13-6-7-14(15(8-13)26-4)17-20-10-12(3)22-17/h6-10H,5H2,1-4H3,(H,20,22)(H,21,23,24). The zero-order chi connectivity index (χ0) is 19.4. The van der Waals surface area contributed by atoms with Crippen LogP contribution in [0.15, 0.2) is 30.6 Å². The number of methoxy groups -OCH3 is 1. The van der Waals surface area contributed by atoms with Gasteiger partial charge in [-0.3, -0.25) is 0 Å². The molecule has 0 unspecified atom stereocenters. The number of hydrogen-bond acceptors (Lipinski definition) is 7. The zero-order valence-electron chi connectivity index (χ0n) is 15.7. The minimum absolute atomic E-state index is 0.240. The van der Waals surface area contributed by atoms with Crippen LogP contribution in [-0.2, 0) is 4.74 Å². The van der Waals surface area contributed by atoms with Crippen molar-refractivity contribution in [1.29, 1.82) is 0 Å². The van der Waals surface area contributed by atoms with Crippen LogP contribution in [-0.4, -0.2) is 39.6 Å². The van der Waals surface area contributed by atoms with Gasteiger partial charge in [-0.25, -0.2) is 19.7 Å². The molecule has 27 heavy (non-hydrogen) atoms. The third-order valence-corrected chi connectivity index (χ3v) is 3.86. The number of esters is 1. The van der Waals surface area contributed by atoms with Gasteiger partial charge < -0.3 is 19.8 Å². The molecule has 3 rings (SSSR count). The van der Waals surface area contributed by atoms with E-state index in [1.54, 1.807) is 33.4 Å². The first kappa shape index (κ1) is 18.4. The van der Waals surface area contributed by atoms with Gasteiger partial charge in [0.25, 0.3) is 0 Å². The summed E-state index contributed by atoms with van der Waals surface area (Å²) < 4.78 is 10.5. The molecule has 0 fully saturated rings. The number of aromatic amines is 1. The summed E-state index contributed by atoms with van der Waals surface area (Å²) in [6.07, 6.45) is 3.34. The van der Waals surface area contributed by atoms with Crippen LogP contribution in [0.3, 0.4) is 0 Å². The lowest BCUT2D eigenvalue weighted by molar-refractivity contribution is 0.0518. The van der Waals surface area contributed by atoms with Gasteiger partial charge in [-0.2, -0.15) is 0 Å². The number of carbonyl (C=O) groups excluding carboxylic acids is 1. The fourth-order valence-electron chi connectivity index (χ4n) is 2.55. The minimum atomic E-state index is -0.471. The number of rotatable bonds is 6. The van der Waals surface area contributed by atoms with Crippen molar-refractivity contribution in [3.05, 3.63) is 47.5 Å². The summed E-state index contributed by atoms with van der Waals surface area (Å²) in [4.78, 5) is 28.0. The van der Waals surface area contributed by atoms with E-state index in [-0.39, 0.29) is 12.3 Å². The summed E-state index contributed by atoms with van der Waals surface area (Å²) in [5.41, 5.74) is 3.42. The fraction of sp³-hybridized carbons (Fsp3) is 0.263. The Bertz CT molecular complexity index is 968. The molecule has 0 amide bonds. The molecule has 0 aliphatic rings. The lowest BCUT2D eigenvalue weighted by Crippen LogP contribution is -2.11. The highest BCUT2D eigenvalue weighted by atomic mass is 16.5. The Kier molecular flexibility index (Phi) is 5.35. The van der Waals surface area contributed by atoms with Crippen molar-refractivity contribution in [1.82, 2.24) is 19.9 Å². The molecular formula is C19H21N5O3. The quantitative estimate of drug-likeness (QED) is 0.644. The molecule has 0 bridgehead atoms. The summed E-state index contributed by atoms with van der Waals surface area (Å²) in [6, 6.07) is 5.57. The number of ether oxygens (including phenoxy) is 2. The highest BCUT2D eigenvalue weighted by Crippen LogP contribution is 2.31. The van der Waals surface area contributed by atoms with Gasteiger partial charge in [-0.05, 0) is 32.9 Å². The molecular weight excluding hydrogens is 346 g/mol. The van der Waals surface area contributed by atoms with Crippen LogP contribution in [0.1, 0.15) is 28.7 Å². The van der Waals surface area contributed by atoms with E-state index in [0.29, 0.717) is 17.3 Å². The number of H-pyrrole nitrogens is 1. The van der Waals surface area contributed by atoms with Crippen molar-refractivity contribution in [2.24, 2.45) is 0 Å². The summed E-state index contributed by atoms with van der Waals surface area (Å²) in [7, 11) is 1.60. The first-order chi connectivity index (χ1) is 13.0. The van der Waals surface area contributed by atoms with Crippen LogP contribution >= 0.6 is 0 Å². The van der Waals surface area contributed by atoms with Gasteiger partial charge in [-0.1, -0.05) is 0 Å². The van der Waals surface area contributed by atoms with E-state index in [4.69, 9.17) is 9.47 Å². The predicted molar refractivity (Wildman–Crippen MR) is 101 cm³/mol. The second-order valence-electron chi connectivity index (χ2n) is 5.90. The van der Waals surface area contributed by atoms with E-state index in [1.165, 1.54) is 0 Å². The number of aryl methyl sites for hydroxylation is 2. The van der Waals surface area contributed by atoms with Crippen LogP contribution < -0.4 is 10.1 Å². The summed E-state index contributed by atoms with van der Waals surface area (Å²) in [5.74, 6) is 1.20. The lowest BCUT2D eigenvalue weighted by Gasteiger charge is -2.11. The van der Waals surface area contributed by atoms with E-state index in [0.717, 1.165) is 22.8 Å². The molecule has 0 spiro atoms. The number of hydrogen-bond donors (Lipinski definition) is 2. The predicted octanol–water partition coefficient (Wildman–Crippen LogP) is 3.41. The Morgan fingerprint density at radius 3 is 2.70 bits per heavy atom. The maximum absolute atomic E-state index is 12.0. The smallest absolute Gasteiger partial charge is 0.357 e. The van der Waals surface area contributed by atoms with Crippen molar-refractivity contribution in [3.63, 3.8) is 0 Å². The van der Waals surface area contributed by atoms with Crippen LogP contribution in [0.5, 0.6) is 5.75 Å². The van der Waals surface area contributed by atoms with Gasteiger partial charge in [0, 0.05) is 35.4 Å². The van der Waals surface area contributed by atoms with Gasteiger partial charge in [-0.15, -0.1) is 0 Å². The van der Waals surface area contributed by atoms with E-state index in [2.05, 4.69) is 25.3 Å². The highest BCUT2D eigenvalue weighted by Gasteiger charge is 2.15. The van der Waals surface area contributed by atoms with Crippen LogP contribution in [0.25, 0.3) is 11.4 Å². The van der Waals surface area contributed by atoms with E-state index < -0.39 is 5.97 Å². The second-order valence-corrected chi connectivity index (χ2v) is 5.90. The molecule has 0 saturated carbocycles. The molecule has 0 saturated heterocycles. The zero-order valence-corrected chi connectivity index (χ0v) is 15.7. The number of aromatic nitrogens is 4. The van der Waals surface area contributed by atoms with Crippen molar-refractivity contribution in [3.8, 4) is 17.1 Å². The van der Waals surface area contributed by atoms with Crippen LogP contribution in [0.2, 0.25) is 0 Å². The molecule has 0 aliphatic heterocycles. The lowest BCUT2D eigenvalue weighted by atomic mass is 10.1. The molecule has 8 nitrogen and oxygen atoms in total. The third-order valence-electron chi connectivity index (χ3n) is 3.86. The van der Waals surface area contributed by atoms with Crippen molar-refractivity contribution in [2.75, 3.05) is 19.0 Å². The number of anilines is 2.